The zero-order valence-corrected chi connectivity index (χ0v) is 9.20. The molecule has 0 saturated carbocycles. The molecule has 1 unspecified atom stereocenters. The Hall–Kier alpha value is -0.790. The summed E-state index contributed by atoms with van der Waals surface area (Å²) in [6.07, 6.45) is 3.99. The van der Waals surface area contributed by atoms with Crippen LogP contribution in [0.4, 0.5) is 0 Å². The lowest BCUT2D eigenvalue weighted by atomic mass is 9.94. The Bertz CT molecular complexity index is 181. The highest BCUT2D eigenvalue weighted by molar-refractivity contribution is 5.74. The molecule has 2 nitrogen and oxygen atoms in total. The molecule has 0 amide bonds. The van der Waals surface area contributed by atoms with Crippen molar-refractivity contribution in [3.63, 3.8) is 0 Å². The van der Waals surface area contributed by atoms with E-state index in [1.807, 2.05) is 26.0 Å². The van der Waals surface area contributed by atoms with E-state index in [-0.39, 0.29) is 11.9 Å². The van der Waals surface area contributed by atoms with Gasteiger partial charge in [-0.25, -0.2) is 0 Å². The minimum absolute atomic E-state index is 0.104. The van der Waals surface area contributed by atoms with Crippen LogP contribution in [-0.4, -0.2) is 13.1 Å². The van der Waals surface area contributed by atoms with Crippen LogP contribution in [0.5, 0.6) is 0 Å². The van der Waals surface area contributed by atoms with Crippen molar-refractivity contribution in [1.29, 1.82) is 0 Å². The molecule has 0 aliphatic carbocycles. The molecule has 0 aromatic rings. The average Bonchev–Trinajstić information content (AvgIpc) is 2.03. The van der Waals surface area contributed by atoms with Crippen molar-refractivity contribution in [2.45, 2.75) is 27.7 Å². The third-order valence-corrected chi connectivity index (χ3v) is 1.89. The normalized spacial score (nSPS) is 14.1. The fourth-order valence-electron chi connectivity index (χ4n) is 1.05. The quantitative estimate of drug-likeness (QED) is 0.496. The Morgan fingerprint density at radius 1 is 1.15 bits per heavy atom. The van der Waals surface area contributed by atoms with Crippen molar-refractivity contribution >= 4 is 5.97 Å². The maximum absolute atomic E-state index is 11.3. The number of carbonyl (C=O) groups is 1. The van der Waals surface area contributed by atoms with E-state index in [1.165, 1.54) is 7.11 Å². The van der Waals surface area contributed by atoms with E-state index >= 15 is 0 Å². The van der Waals surface area contributed by atoms with E-state index in [9.17, 15) is 4.79 Å². The first kappa shape index (κ1) is 12.2. The van der Waals surface area contributed by atoms with Gasteiger partial charge in [0, 0.05) is 0 Å². The van der Waals surface area contributed by atoms with Gasteiger partial charge in [-0.3, -0.25) is 4.79 Å². The topological polar surface area (TPSA) is 26.3 Å². The Balaban J connectivity index is 4.35. The largest absolute Gasteiger partial charge is 0.469 e. The molecular weight excluding hydrogens is 164 g/mol. The van der Waals surface area contributed by atoms with Crippen LogP contribution in [0.25, 0.3) is 0 Å². The molecule has 0 fully saturated rings. The van der Waals surface area contributed by atoms with Crippen LogP contribution in [0.3, 0.4) is 0 Å². The summed E-state index contributed by atoms with van der Waals surface area (Å²) < 4.78 is 4.72. The standard InChI is InChI=1S/C11H20O2/c1-8(2)6-7-10(9(3)4)11(12)13-5/h6-10H,1-5H3/b7-6+. The number of esters is 1. The van der Waals surface area contributed by atoms with Crippen molar-refractivity contribution in [2.75, 3.05) is 7.11 Å². The van der Waals surface area contributed by atoms with Gasteiger partial charge >= 0.3 is 5.97 Å². The number of hydrogen-bond donors (Lipinski definition) is 0. The summed E-state index contributed by atoms with van der Waals surface area (Å²) >= 11 is 0. The molecule has 13 heavy (non-hydrogen) atoms. The van der Waals surface area contributed by atoms with Gasteiger partial charge in [0.25, 0.3) is 0 Å². The van der Waals surface area contributed by atoms with Crippen LogP contribution in [-0.2, 0) is 9.53 Å². The second-order valence-corrected chi connectivity index (χ2v) is 3.92. The number of carbonyl (C=O) groups excluding carboxylic acids is 1. The molecule has 0 aromatic carbocycles. The first-order valence-corrected chi connectivity index (χ1v) is 4.75. The minimum atomic E-state index is -0.146. The van der Waals surface area contributed by atoms with Crippen molar-refractivity contribution in [3.8, 4) is 0 Å². The van der Waals surface area contributed by atoms with Gasteiger partial charge in [-0.15, -0.1) is 0 Å². The molecule has 2 heteroatoms. The molecular formula is C11H20O2. The zero-order chi connectivity index (χ0) is 10.4. The highest BCUT2D eigenvalue weighted by Gasteiger charge is 2.19. The Morgan fingerprint density at radius 2 is 1.69 bits per heavy atom. The van der Waals surface area contributed by atoms with Gasteiger partial charge in [0.15, 0.2) is 0 Å². The first-order chi connectivity index (χ1) is 5.99. The minimum Gasteiger partial charge on any atom is -0.469 e. The first-order valence-electron chi connectivity index (χ1n) is 4.75. The number of allylic oxidation sites excluding steroid dienone is 1. The predicted octanol–water partition coefficient (Wildman–Crippen LogP) is 2.64. The fourth-order valence-corrected chi connectivity index (χ4v) is 1.05. The van der Waals surface area contributed by atoms with Crippen LogP contribution in [0, 0.1) is 17.8 Å². The molecule has 0 radical (unpaired) electrons. The number of rotatable bonds is 4. The zero-order valence-electron chi connectivity index (χ0n) is 9.20. The summed E-state index contributed by atoms with van der Waals surface area (Å²) in [6, 6.07) is 0. The van der Waals surface area contributed by atoms with Gasteiger partial charge in [0.2, 0.25) is 0 Å². The summed E-state index contributed by atoms with van der Waals surface area (Å²) in [6.45, 7) is 8.22. The summed E-state index contributed by atoms with van der Waals surface area (Å²) in [7, 11) is 1.43. The maximum Gasteiger partial charge on any atom is 0.312 e. The highest BCUT2D eigenvalue weighted by atomic mass is 16.5. The van der Waals surface area contributed by atoms with Gasteiger partial charge in [-0.2, -0.15) is 0 Å². The van der Waals surface area contributed by atoms with Crippen LogP contribution >= 0.6 is 0 Å². The van der Waals surface area contributed by atoms with Gasteiger partial charge in [-0.05, 0) is 11.8 Å². The molecule has 0 saturated heterocycles. The molecule has 0 aromatic heterocycles. The molecule has 1 atom stereocenters. The van der Waals surface area contributed by atoms with Crippen molar-refractivity contribution < 1.29 is 9.53 Å². The van der Waals surface area contributed by atoms with Gasteiger partial charge < -0.3 is 4.74 Å². The summed E-state index contributed by atoms with van der Waals surface area (Å²) in [5, 5.41) is 0. The lowest BCUT2D eigenvalue weighted by Crippen LogP contribution is -2.19. The monoisotopic (exact) mass is 184 g/mol. The third-order valence-electron chi connectivity index (χ3n) is 1.89. The Kier molecular flexibility index (Phi) is 5.44. The third kappa shape index (κ3) is 4.71. The van der Waals surface area contributed by atoms with Crippen LogP contribution < -0.4 is 0 Å². The number of hydrogen-bond acceptors (Lipinski definition) is 2. The second-order valence-electron chi connectivity index (χ2n) is 3.92. The fraction of sp³-hybridized carbons (Fsp3) is 0.727. The van der Waals surface area contributed by atoms with Crippen molar-refractivity contribution in [2.24, 2.45) is 17.8 Å². The Labute approximate surface area is 81.0 Å². The van der Waals surface area contributed by atoms with Crippen LogP contribution in [0.2, 0.25) is 0 Å². The van der Waals surface area contributed by atoms with E-state index in [0.29, 0.717) is 11.8 Å². The van der Waals surface area contributed by atoms with Crippen LogP contribution in [0.15, 0.2) is 12.2 Å². The number of ether oxygens (including phenoxy) is 1. The molecule has 0 rings (SSSR count). The van der Waals surface area contributed by atoms with E-state index in [2.05, 4.69) is 13.8 Å². The van der Waals surface area contributed by atoms with E-state index in [0.717, 1.165) is 0 Å². The molecule has 76 valence electrons. The average molecular weight is 184 g/mol. The highest BCUT2D eigenvalue weighted by Crippen LogP contribution is 2.15. The van der Waals surface area contributed by atoms with Crippen LogP contribution in [0.1, 0.15) is 27.7 Å². The van der Waals surface area contributed by atoms with Gasteiger partial charge in [-0.1, -0.05) is 39.8 Å². The predicted molar refractivity (Wildman–Crippen MR) is 54.3 cm³/mol. The van der Waals surface area contributed by atoms with E-state index in [1.54, 1.807) is 0 Å². The Morgan fingerprint density at radius 3 is 2.00 bits per heavy atom. The molecule has 0 heterocycles. The molecule has 0 N–H and O–H groups in total. The van der Waals surface area contributed by atoms with Gasteiger partial charge in [0.05, 0.1) is 13.0 Å². The van der Waals surface area contributed by atoms with E-state index in [4.69, 9.17) is 4.74 Å². The summed E-state index contributed by atoms with van der Waals surface area (Å²) in [4.78, 5) is 11.3. The lowest BCUT2D eigenvalue weighted by molar-refractivity contribution is -0.145. The maximum atomic E-state index is 11.3. The molecule has 0 spiro atoms. The smallest absolute Gasteiger partial charge is 0.312 e. The summed E-state index contributed by atoms with van der Waals surface area (Å²) in [5.74, 6) is 0.521. The van der Waals surface area contributed by atoms with E-state index < -0.39 is 0 Å². The molecule has 0 aliphatic heterocycles. The molecule has 0 bridgehead atoms. The SMILES string of the molecule is COC(=O)C(/C=C/C(C)C)C(C)C. The van der Waals surface area contributed by atoms with Crippen molar-refractivity contribution in [3.05, 3.63) is 12.2 Å². The van der Waals surface area contributed by atoms with Gasteiger partial charge in [0.1, 0.15) is 0 Å². The molecule has 0 aliphatic rings. The second kappa shape index (κ2) is 5.79. The summed E-state index contributed by atoms with van der Waals surface area (Å²) in [5.41, 5.74) is 0. The lowest BCUT2D eigenvalue weighted by Gasteiger charge is -2.14. The number of methoxy groups -OCH3 is 1. The van der Waals surface area contributed by atoms with Crippen molar-refractivity contribution in [1.82, 2.24) is 0 Å².